The molecule has 2 aliphatic heterocycles. The third-order valence-electron chi connectivity index (χ3n) is 7.04. The Morgan fingerprint density at radius 1 is 0.875 bits per heavy atom. The summed E-state index contributed by atoms with van der Waals surface area (Å²) in [5, 5.41) is 0. The number of carbonyl (C=O) groups is 2. The van der Waals surface area contributed by atoms with Crippen LogP contribution in [0.15, 0.2) is 30.3 Å². The summed E-state index contributed by atoms with van der Waals surface area (Å²) in [6, 6.07) is 9.86. The number of hydrogen-bond acceptors (Lipinski definition) is 3. The summed E-state index contributed by atoms with van der Waals surface area (Å²) in [5.41, 5.74) is 3.74. The lowest BCUT2D eigenvalue weighted by Gasteiger charge is -2.34. The smallest absolute Gasteiger partial charge is 0.255 e. The molecule has 0 radical (unpaired) electrons. The maximum Gasteiger partial charge on any atom is 0.255 e. The van der Waals surface area contributed by atoms with Gasteiger partial charge in [0.25, 0.3) is 5.91 Å². The van der Waals surface area contributed by atoms with Crippen LogP contribution in [-0.2, 0) is 4.79 Å². The highest BCUT2D eigenvalue weighted by Crippen LogP contribution is 2.27. The van der Waals surface area contributed by atoms with Crippen molar-refractivity contribution in [2.45, 2.75) is 52.4 Å². The maximum atomic E-state index is 13.3. The molecule has 0 unspecified atom stereocenters. The molecular weight excluding hydrogens is 402 g/mol. The summed E-state index contributed by atoms with van der Waals surface area (Å²) in [5.74, 6) is 1.24. The van der Waals surface area contributed by atoms with Crippen molar-refractivity contribution >= 4 is 11.8 Å². The van der Waals surface area contributed by atoms with E-state index in [1.165, 1.54) is 12.8 Å². The molecule has 0 spiro atoms. The first-order valence-electron chi connectivity index (χ1n) is 11.9. The van der Waals surface area contributed by atoms with Gasteiger partial charge in [-0.25, -0.2) is 0 Å². The van der Waals surface area contributed by atoms with E-state index in [1.807, 2.05) is 49.1 Å². The van der Waals surface area contributed by atoms with Gasteiger partial charge in [0, 0.05) is 49.2 Å². The van der Waals surface area contributed by atoms with E-state index < -0.39 is 0 Å². The molecule has 1 aromatic carbocycles. The van der Waals surface area contributed by atoms with Crippen LogP contribution in [0.1, 0.15) is 60.3 Å². The second-order valence-electron chi connectivity index (χ2n) is 9.12. The molecule has 6 nitrogen and oxygen atoms in total. The fraction of sp³-hybridized carbons (Fsp3) is 0.538. The van der Waals surface area contributed by atoms with Crippen molar-refractivity contribution in [2.75, 3.05) is 33.3 Å². The molecule has 4 rings (SSSR count). The molecule has 32 heavy (non-hydrogen) atoms. The van der Waals surface area contributed by atoms with Crippen molar-refractivity contribution in [3.05, 3.63) is 47.3 Å². The van der Waals surface area contributed by atoms with Crippen LogP contribution in [0.25, 0.3) is 5.69 Å². The normalized spacial score (nSPS) is 17.8. The molecule has 3 heterocycles. The maximum absolute atomic E-state index is 13.3. The Hall–Kier alpha value is -2.76. The number of piperidine rings is 1. The van der Waals surface area contributed by atoms with Crippen molar-refractivity contribution in [3.63, 3.8) is 0 Å². The van der Waals surface area contributed by atoms with E-state index in [0.29, 0.717) is 19.0 Å². The van der Waals surface area contributed by atoms with E-state index in [0.717, 1.165) is 67.2 Å². The number of methoxy groups -OCH3 is 1. The van der Waals surface area contributed by atoms with Gasteiger partial charge in [0.05, 0.1) is 12.7 Å². The lowest BCUT2D eigenvalue weighted by Crippen LogP contribution is -2.44. The predicted molar refractivity (Wildman–Crippen MR) is 125 cm³/mol. The van der Waals surface area contributed by atoms with Crippen molar-refractivity contribution in [1.82, 2.24) is 14.4 Å². The van der Waals surface area contributed by atoms with E-state index in [9.17, 15) is 9.59 Å². The lowest BCUT2D eigenvalue weighted by molar-refractivity contribution is -0.136. The standard InChI is InChI=1S/C26H35N3O3/c1-19-18-24(20(2)29(19)22-8-10-23(32-3)11-9-22)26(31)28-16-12-21(13-17-28)25(30)27-14-6-4-5-7-15-27/h8-11,18,21H,4-7,12-17H2,1-3H3. The first-order valence-corrected chi connectivity index (χ1v) is 11.9. The van der Waals surface area contributed by atoms with Gasteiger partial charge in [-0.05, 0) is 69.9 Å². The average Bonchev–Trinajstić information content (AvgIpc) is 2.99. The predicted octanol–water partition coefficient (Wildman–Crippen LogP) is 4.36. The van der Waals surface area contributed by atoms with Gasteiger partial charge in [0.2, 0.25) is 5.91 Å². The summed E-state index contributed by atoms with van der Waals surface area (Å²) >= 11 is 0. The molecule has 2 fully saturated rings. The number of carbonyl (C=O) groups excluding carboxylic acids is 2. The largest absolute Gasteiger partial charge is 0.497 e. The van der Waals surface area contributed by atoms with E-state index >= 15 is 0 Å². The van der Waals surface area contributed by atoms with Gasteiger partial charge in [0.15, 0.2) is 0 Å². The number of rotatable bonds is 4. The Morgan fingerprint density at radius 2 is 1.50 bits per heavy atom. The molecule has 0 aliphatic carbocycles. The molecule has 2 aromatic rings. The Labute approximate surface area is 191 Å². The first kappa shape index (κ1) is 22.4. The highest BCUT2D eigenvalue weighted by Gasteiger charge is 2.31. The van der Waals surface area contributed by atoms with Crippen LogP contribution in [0.5, 0.6) is 5.75 Å². The van der Waals surface area contributed by atoms with E-state index in [2.05, 4.69) is 9.47 Å². The Morgan fingerprint density at radius 3 is 2.09 bits per heavy atom. The number of nitrogens with zero attached hydrogens (tertiary/aromatic N) is 3. The van der Waals surface area contributed by atoms with E-state index in [1.54, 1.807) is 7.11 Å². The zero-order chi connectivity index (χ0) is 22.7. The summed E-state index contributed by atoms with van der Waals surface area (Å²) in [6.45, 7) is 7.12. The van der Waals surface area contributed by atoms with Crippen molar-refractivity contribution in [2.24, 2.45) is 5.92 Å². The topological polar surface area (TPSA) is 54.8 Å². The van der Waals surface area contributed by atoms with Crippen molar-refractivity contribution in [3.8, 4) is 11.4 Å². The first-order chi connectivity index (χ1) is 15.5. The fourth-order valence-corrected chi connectivity index (χ4v) is 5.16. The van der Waals surface area contributed by atoms with Gasteiger partial charge < -0.3 is 19.1 Å². The Bertz CT molecular complexity index is 947. The van der Waals surface area contributed by atoms with Gasteiger partial charge in [-0.1, -0.05) is 12.8 Å². The zero-order valence-corrected chi connectivity index (χ0v) is 19.6. The summed E-state index contributed by atoms with van der Waals surface area (Å²) < 4.78 is 7.37. The van der Waals surface area contributed by atoms with Crippen LogP contribution >= 0.6 is 0 Å². The molecule has 2 saturated heterocycles. The average molecular weight is 438 g/mol. The molecule has 6 heteroatoms. The number of likely N-dealkylation sites (tertiary alicyclic amines) is 2. The van der Waals surface area contributed by atoms with Crippen LogP contribution in [0.4, 0.5) is 0 Å². The number of hydrogen-bond donors (Lipinski definition) is 0. The molecule has 0 atom stereocenters. The lowest BCUT2D eigenvalue weighted by atomic mass is 9.94. The van der Waals surface area contributed by atoms with E-state index in [-0.39, 0.29) is 11.8 Å². The number of amides is 2. The molecule has 0 N–H and O–H groups in total. The highest BCUT2D eigenvalue weighted by molar-refractivity contribution is 5.96. The van der Waals surface area contributed by atoms with Gasteiger partial charge >= 0.3 is 0 Å². The fourth-order valence-electron chi connectivity index (χ4n) is 5.16. The quantitative estimate of drug-likeness (QED) is 0.714. The SMILES string of the molecule is COc1ccc(-n2c(C)cc(C(=O)N3CCC(C(=O)N4CCCCCC4)CC3)c2C)cc1. The number of benzene rings is 1. The van der Waals surface area contributed by atoms with Gasteiger partial charge in [0.1, 0.15) is 5.75 Å². The number of aryl methyl sites for hydroxylation is 1. The van der Waals surface area contributed by atoms with Crippen LogP contribution in [0.3, 0.4) is 0 Å². The summed E-state index contributed by atoms with van der Waals surface area (Å²) in [4.78, 5) is 30.3. The second kappa shape index (κ2) is 9.80. The number of ether oxygens (including phenoxy) is 1. The second-order valence-corrected chi connectivity index (χ2v) is 9.12. The minimum absolute atomic E-state index is 0.0591. The third kappa shape index (κ3) is 4.54. The van der Waals surface area contributed by atoms with Crippen molar-refractivity contribution in [1.29, 1.82) is 0 Å². The Kier molecular flexibility index (Phi) is 6.87. The van der Waals surface area contributed by atoms with Crippen LogP contribution in [-0.4, -0.2) is 59.5 Å². The minimum atomic E-state index is 0.0591. The minimum Gasteiger partial charge on any atom is -0.497 e. The third-order valence-corrected chi connectivity index (χ3v) is 7.04. The molecule has 0 bridgehead atoms. The zero-order valence-electron chi connectivity index (χ0n) is 19.6. The number of aromatic nitrogens is 1. The van der Waals surface area contributed by atoms with Crippen LogP contribution in [0, 0.1) is 19.8 Å². The van der Waals surface area contributed by atoms with Crippen LogP contribution < -0.4 is 4.74 Å². The van der Waals surface area contributed by atoms with Crippen molar-refractivity contribution < 1.29 is 14.3 Å². The molecule has 172 valence electrons. The molecule has 2 aliphatic rings. The molecule has 0 saturated carbocycles. The Balaban J connectivity index is 1.42. The van der Waals surface area contributed by atoms with Gasteiger partial charge in [-0.15, -0.1) is 0 Å². The molecule has 1 aromatic heterocycles. The van der Waals surface area contributed by atoms with Crippen LogP contribution in [0.2, 0.25) is 0 Å². The van der Waals surface area contributed by atoms with Gasteiger partial charge in [-0.3, -0.25) is 9.59 Å². The molecular formula is C26H35N3O3. The molecule has 2 amide bonds. The summed E-state index contributed by atoms with van der Waals surface area (Å²) in [6.07, 6.45) is 6.22. The summed E-state index contributed by atoms with van der Waals surface area (Å²) in [7, 11) is 1.66. The van der Waals surface area contributed by atoms with E-state index in [4.69, 9.17) is 4.74 Å². The monoisotopic (exact) mass is 437 g/mol. The van der Waals surface area contributed by atoms with Gasteiger partial charge in [-0.2, -0.15) is 0 Å². The highest BCUT2D eigenvalue weighted by atomic mass is 16.5.